The highest BCUT2D eigenvalue weighted by atomic mass is 35.5. The van der Waals surface area contributed by atoms with E-state index in [9.17, 15) is 4.79 Å². The van der Waals surface area contributed by atoms with E-state index in [0.29, 0.717) is 22.9 Å². The van der Waals surface area contributed by atoms with Crippen LogP contribution in [0.2, 0.25) is 10.2 Å². The summed E-state index contributed by atoms with van der Waals surface area (Å²) in [5, 5.41) is 0.662. The van der Waals surface area contributed by atoms with Crippen LogP contribution in [0.15, 0.2) is 18.2 Å². The lowest BCUT2D eigenvalue weighted by Gasteiger charge is -2.21. The molecule has 1 aromatic heterocycles. The van der Waals surface area contributed by atoms with Crippen LogP contribution in [0.5, 0.6) is 5.75 Å². The van der Waals surface area contributed by atoms with Crippen LogP contribution in [0.4, 0.5) is 0 Å². The lowest BCUT2D eigenvalue weighted by Crippen LogP contribution is -2.15. The first kappa shape index (κ1) is 17.0. The molecule has 0 aliphatic carbocycles. The van der Waals surface area contributed by atoms with Gasteiger partial charge in [-0.3, -0.25) is 0 Å². The third-order valence-corrected chi connectivity index (χ3v) is 4.11. The van der Waals surface area contributed by atoms with Crippen molar-refractivity contribution in [3.05, 3.63) is 56.3 Å². The summed E-state index contributed by atoms with van der Waals surface area (Å²) in [5.41, 5.74) is 3.23. The molecule has 7 heteroatoms. The highest BCUT2D eigenvalue weighted by molar-refractivity contribution is 6.32. The first-order valence-electron chi connectivity index (χ1n) is 7.28. The van der Waals surface area contributed by atoms with Crippen LogP contribution in [0.1, 0.15) is 32.7 Å². The maximum atomic E-state index is 12.4. The summed E-state index contributed by atoms with van der Waals surface area (Å²) in [7, 11) is 0. The number of aromatic nitrogens is 1. The van der Waals surface area contributed by atoms with Gasteiger partial charge >= 0.3 is 5.97 Å². The molecule has 1 aliphatic heterocycles. The topological polar surface area (TPSA) is 57.7 Å². The molecular formula is C17H15Cl2NO4. The standard InChI is InChI=1S/C17H15Cl2NO4/c1-9-3-10(2)20-16(19)14(9)17(21)23-7-12-5-13(18)4-11-6-22-8-24-15(11)12/h3-5H,6-8H2,1-2H3. The second-order valence-electron chi connectivity index (χ2n) is 5.49. The number of pyridine rings is 1. The molecule has 0 spiro atoms. The molecule has 126 valence electrons. The fourth-order valence-corrected chi connectivity index (χ4v) is 3.24. The number of carbonyl (C=O) groups is 1. The van der Waals surface area contributed by atoms with E-state index in [0.717, 1.165) is 16.8 Å². The molecule has 2 aromatic rings. The molecule has 3 rings (SSSR count). The summed E-state index contributed by atoms with van der Waals surface area (Å²) < 4.78 is 16.1. The van der Waals surface area contributed by atoms with Crippen molar-refractivity contribution in [3.63, 3.8) is 0 Å². The van der Waals surface area contributed by atoms with Crippen molar-refractivity contribution >= 4 is 29.2 Å². The number of nitrogens with zero attached hydrogens (tertiary/aromatic N) is 1. The normalized spacial score (nSPS) is 13.2. The van der Waals surface area contributed by atoms with Crippen molar-refractivity contribution in [3.8, 4) is 5.75 Å². The molecule has 2 heterocycles. The number of ether oxygens (including phenoxy) is 3. The number of hydrogen-bond donors (Lipinski definition) is 0. The van der Waals surface area contributed by atoms with Crippen molar-refractivity contribution in [1.29, 1.82) is 0 Å². The van der Waals surface area contributed by atoms with Crippen molar-refractivity contribution in [2.75, 3.05) is 6.79 Å². The zero-order valence-corrected chi connectivity index (χ0v) is 14.7. The minimum atomic E-state index is -0.536. The molecule has 0 fully saturated rings. The van der Waals surface area contributed by atoms with E-state index in [1.54, 1.807) is 25.1 Å². The third-order valence-electron chi connectivity index (χ3n) is 3.62. The van der Waals surface area contributed by atoms with E-state index >= 15 is 0 Å². The van der Waals surface area contributed by atoms with Gasteiger partial charge in [-0.1, -0.05) is 23.2 Å². The number of esters is 1. The minimum Gasteiger partial charge on any atom is -0.467 e. The van der Waals surface area contributed by atoms with E-state index in [-0.39, 0.29) is 24.1 Å². The van der Waals surface area contributed by atoms with Gasteiger partial charge in [0, 0.05) is 21.8 Å². The fourth-order valence-electron chi connectivity index (χ4n) is 2.62. The Balaban J connectivity index is 1.82. The Kier molecular flexibility index (Phi) is 4.94. The Hall–Kier alpha value is -1.82. The Morgan fingerprint density at radius 1 is 1.29 bits per heavy atom. The van der Waals surface area contributed by atoms with Gasteiger partial charge in [0.2, 0.25) is 0 Å². The maximum absolute atomic E-state index is 12.4. The van der Waals surface area contributed by atoms with E-state index in [1.807, 2.05) is 6.92 Å². The molecule has 0 radical (unpaired) electrons. The van der Waals surface area contributed by atoms with Crippen molar-refractivity contribution in [1.82, 2.24) is 4.98 Å². The second-order valence-corrected chi connectivity index (χ2v) is 6.28. The van der Waals surface area contributed by atoms with Gasteiger partial charge < -0.3 is 14.2 Å². The maximum Gasteiger partial charge on any atom is 0.341 e. The van der Waals surface area contributed by atoms with Gasteiger partial charge in [-0.15, -0.1) is 0 Å². The lowest BCUT2D eigenvalue weighted by atomic mass is 10.1. The van der Waals surface area contributed by atoms with Gasteiger partial charge in [0.25, 0.3) is 0 Å². The predicted octanol–water partition coefficient (Wildman–Crippen LogP) is 4.23. The van der Waals surface area contributed by atoms with Crippen LogP contribution in [0.3, 0.4) is 0 Å². The molecule has 5 nitrogen and oxygen atoms in total. The summed E-state index contributed by atoms with van der Waals surface area (Å²) in [6, 6.07) is 5.26. The van der Waals surface area contributed by atoms with Crippen molar-refractivity contribution in [2.45, 2.75) is 27.1 Å². The number of fused-ring (bicyclic) bond motifs is 1. The Morgan fingerprint density at radius 3 is 2.83 bits per heavy atom. The van der Waals surface area contributed by atoms with Gasteiger partial charge in [-0.25, -0.2) is 9.78 Å². The quantitative estimate of drug-likeness (QED) is 0.600. The van der Waals surface area contributed by atoms with Gasteiger partial charge in [0.1, 0.15) is 17.5 Å². The van der Waals surface area contributed by atoms with Crippen LogP contribution < -0.4 is 4.74 Å². The molecule has 24 heavy (non-hydrogen) atoms. The van der Waals surface area contributed by atoms with Crippen LogP contribution in [-0.4, -0.2) is 17.7 Å². The average Bonchev–Trinajstić information content (AvgIpc) is 2.51. The van der Waals surface area contributed by atoms with E-state index in [2.05, 4.69) is 4.98 Å². The summed E-state index contributed by atoms with van der Waals surface area (Å²) in [6.45, 7) is 4.18. The molecule has 0 amide bonds. The van der Waals surface area contributed by atoms with Crippen molar-refractivity contribution in [2.24, 2.45) is 0 Å². The minimum absolute atomic E-state index is 0.0192. The number of carbonyl (C=O) groups excluding carboxylic acids is 1. The number of aryl methyl sites for hydroxylation is 2. The smallest absolute Gasteiger partial charge is 0.341 e. The number of benzene rings is 1. The molecule has 0 N–H and O–H groups in total. The molecule has 0 saturated heterocycles. The summed E-state index contributed by atoms with van der Waals surface area (Å²) >= 11 is 12.2. The predicted molar refractivity (Wildman–Crippen MR) is 89.6 cm³/mol. The van der Waals surface area contributed by atoms with Crippen LogP contribution >= 0.6 is 23.2 Å². The largest absolute Gasteiger partial charge is 0.467 e. The molecular weight excluding hydrogens is 353 g/mol. The van der Waals surface area contributed by atoms with E-state index in [4.69, 9.17) is 37.4 Å². The zero-order valence-electron chi connectivity index (χ0n) is 13.2. The lowest BCUT2D eigenvalue weighted by molar-refractivity contribution is -0.0180. The fraction of sp³-hybridized carbons (Fsp3) is 0.294. The van der Waals surface area contributed by atoms with Crippen LogP contribution in [0.25, 0.3) is 0 Å². The molecule has 0 atom stereocenters. The van der Waals surface area contributed by atoms with Gasteiger partial charge in [0.05, 0.1) is 12.2 Å². The highest BCUT2D eigenvalue weighted by Gasteiger charge is 2.20. The summed E-state index contributed by atoms with van der Waals surface area (Å²) in [4.78, 5) is 16.5. The average molecular weight is 368 g/mol. The SMILES string of the molecule is Cc1cc(C)c(C(=O)OCc2cc(Cl)cc3c2OCOC3)c(Cl)n1. The number of halogens is 2. The van der Waals surface area contributed by atoms with Gasteiger partial charge in [-0.2, -0.15) is 0 Å². The zero-order chi connectivity index (χ0) is 17.3. The Labute approximate surface area is 149 Å². The van der Waals surface area contributed by atoms with Crippen LogP contribution in [-0.2, 0) is 22.7 Å². The Bertz CT molecular complexity index is 784. The number of hydrogen-bond acceptors (Lipinski definition) is 5. The van der Waals surface area contributed by atoms with Gasteiger partial charge in [-0.05, 0) is 37.6 Å². The summed E-state index contributed by atoms with van der Waals surface area (Å²) in [5.74, 6) is 0.106. The van der Waals surface area contributed by atoms with Crippen LogP contribution in [0, 0.1) is 13.8 Å². The monoisotopic (exact) mass is 367 g/mol. The molecule has 0 saturated carbocycles. The first-order valence-corrected chi connectivity index (χ1v) is 8.04. The molecule has 1 aliphatic rings. The van der Waals surface area contributed by atoms with Crippen molar-refractivity contribution < 1.29 is 19.0 Å². The van der Waals surface area contributed by atoms with E-state index in [1.165, 1.54) is 0 Å². The number of rotatable bonds is 3. The second kappa shape index (κ2) is 6.97. The van der Waals surface area contributed by atoms with E-state index < -0.39 is 5.97 Å². The molecule has 0 bridgehead atoms. The Morgan fingerprint density at radius 2 is 2.08 bits per heavy atom. The molecule has 0 unspecified atom stereocenters. The third kappa shape index (κ3) is 3.48. The first-order chi connectivity index (χ1) is 11.5. The summed E-state index contributed by atoms with van der Waals surface area (Å²) in [6.07, 6.45) is 0. The molecule has 1 aromatic carbocycles. The van der Waals surface area contributed by atoms with Gasteiger partial charge in [0.15, 0.2) is 6.79 Å². The highest BCUT2D eigenvalue weighted by Crippen LogP contribution is 2.32.